The molecule has 5 nitrogen and oxygen atoms in total. The molecule has 0 bridgehead atoms. The first-order valence-corrected chi connectivity index (χ1v) is 10.3. The summed E-state index contributed by atoms with van der Waals surface area (Å²) >= 11 is 0. The minimum absolute atomic E-state index is 0.0176. The molecule has 2 amide bonds. The van der Waals surface area contributed by atoms with Gasteiger partial charge < -0.3 is 15.4 Å². The van der Waals surface area contributed by atoms with Crippen LogP contribution in [0.15, 0.2) is 72.8 Å². The SMILES string of the molecule is CCC(C)Oc1ccc(C(=O)Nc2cccc(C(=O)Nc3cccc(C(F)(F)F)c3)c2)cc1. The zero-order valence-corrected chi connectivity index (χ0v) is 18.1. The second kappa shape index (κ2) is 10.2. The Kier molecular flexibility index (Phi) is 7.37. The van der Waals surface area contributed by atoms with Crippen LogP contribution in [0.5, 0.6) is 5.75 Å². The molecule has 33 heavy (non-hydrogen) atoms. The van der Waals surface area contributed by atoms with Crippen LogP contribution in [0.25, 0.3) is 0 Å². The molecular formula is C25H23F3N2O3. The smallest absolute Gasteiger partial charge is 0.416 e. The van der Waals surface area contributed by atoms with Gasteiger partial charge in [0, 0.05) is 22.5 Å². The molecule has 0 heterocycles. The Balaban J connectivity index is 1.67. The molecule has 0 saturated heterocycles. The van der Waals surface area contributed by atoms with Crippen molar-refractivity contribution in [1.29, 1.82) is 0 Å². The number of alkyl halides is 3. The van der Waals surface area contributed by atoms with E-state index in [9.17, 15) is 22.8 Å². The molecule has 0 aliphatic carbocycles. The fraction of sp³-hybridized carbons (Fsp3) is 0.200. The molecule has 3 aromatic rings. The number of amides is 2. The highest BCUT2D eigenvalue weighted by Crippen LogP contribution is 2.30. The van der Waals surface area contributed by atoms with Crippen molar-refractivity contribution >= 4 is 23.2 Å². The van der Waals surface area contributed by atoms with Gasteiger partial charge in [-0.15, -0.1) is 0 Å². The molecule has 0 aliphatic heterocycles. The van der Waals surface area contributed by atoms with E-state index in [1.54, 1.807) is 36.4 Å². The van der Waals surface area contributed by atoms with Crippen molar-refractivity contribution in [3.63, 3.8) is 0 Å². The van der Waals surface area contributed by atoms with Crippen molar-refractivity contribution in [3.8, 4) is 5.75 Å². The predicted octanol–water partition coefficient (Wildman–Crippen LogP) is 6.39. The summed E-state index contributed by atoms with van der Waals surface area (Å²) in [6.45, 7) is 3.97. The van der Waals surface area contributed by atoms with Gasteiger partial charge in [0.15, 0.2) is 0 Å². The normalized spacial score (nSPS) is 12.0. The number of carbonyl (C=O) groups excluding carboxylic acids is 2. The molecular weight excluding hydrogens is 433 g/mol. The summed E-state index contributed by atoms with van der Waals surface area (Å²) in [5.74, 6) is -0.313. The lowest BCUT2D eigenvalue weighted by atomic mass is 10.1. The van der Waals surface area contributed by atoms with E-state index in [1.807, 2.05) is 13.8 Å². The van der Waals surface area contributed by atoms with E-state index in [2.05, 4.69) is 10.6 Å². The Morgan fingerprint density at radius 2 is 1.42 bits per heavy atom. The molecule has 0 aliphatic rings. The maximum absolute atomic E-state index is 12.9. The quantitative estimate of drug-likeness (QED) is 0.433. The summed E-state index contributed by atoms with van der Waals surface area (Å²) in [6.07, 6.45) is -3.59. The number of nitrogens with one attached hydrogen (secondary N) is 2. The molecule has 172 valence electrons. The molecule has 0 radical (unpaired) electrons. The van der Waals surface area contributed by atoms with Gasteiger partial charge in [-0.1, -0.05) is 19.1 Å². The fourth-order valence-corrected chi connectivity index (χ4v) is 2.92. The van der Waals surface area contributed by atoms with Crippen molar-refractivity contribution in [3.05, 3.63) is 89.5 Å². The molecule has 0 fully saturated rings. The zero-order valence-electron chi connectivity index (χ0n) is 18.1. The van der Waals surface area contributed by atoms with Crippen molar-refractivity contribution in [1.82, 2.24) is 0 Å². The lowest BCUT2D eigenvalue weighted by Gasteiger charge is -2.13. The Labute approximate surface area is 189 Å². The monoisotopic (exact) mass is 456 g/mol. The van der Waals surface area contributed by atoms with Crippen LogP contribution in [-0.2, 0) is 6.18 Å². The summed E-state index contributed by atoms with van der Waals surface area (Å²) in [6, 6.07) is 17.2. The number of ether oxygens (including phenoxy) is 1. The minimum atomic E-state index is -4.51. The van der Waals surface area contributed by atoms with Crippen molar-refractivity contribution in [2.75, 3.05) is 10.6 Å². The fourth-order valence-electron chi connectivity index (χ4n) is 2.92. The largest absolute Gasteiger partial charge is 0.491 e. The van der Waals surface area contributed by atoms with Crippen molar-refractivity contribution in [2.45, 2.75) is 32.5 Å². The van der Waals surface area contributed by atoms with E-state index in [1.165, 1.54) is 24.3 Å². The highest BCUT2D eigenvalue weighted by molar-refractivity contribution is 6.07. The number of carbonyl (C=O) groups is 2. The molecule has 3 rings (SSSR count). The third kappa shape index (κ3) is 6.58. The molecule has 0 saturated carbocycles. The number of benzene rings is 3. The second-order valence-corrected chi connectivity index (χ2v) is 7.43. The van der Waals surface area contributed by atoms with Gasteiger partial charge in [-0.3, -0.25) is 9.59 Å². The minimum Gasteiger partial charge on any atom is -0.491 e. The maximum Gasteiger partial charge on any atom is 0.416 e. The van der Waals surface area contributed by atoms with E-state index in [0.717, 1.165) is 18.6 Å². The van der Waals surface area contributed by atoms with Crippen molar-refractivity contribution < 1.29 is 27.5 Å². The van der Waals surface area contributed by atoms with Gasteiger partial charge in [0.05, 0.1) is 11.7 Å². The first-order valence-electron chi connectivity index (χ1n) is 10.3. The lowest BCUT2D eigenvalue weighted by molar-refractivity contribution is -0.137. The third-order valence-corrected chi connectivity index (χ3v) is 4.86. The number of halogens is 3. The van der Waals surface area contributed by atoms with E-state index < -0.39 is 17.6 Å². The van der Waals surface area contributed by atoms with Gasteiger partial charge >= 0.3 is 6.18 Å². The van der Waals surface area contributed by atoms with Crippen molar-refractivity contribution in [2.24, 2.45) is 0 Å². The number of hydrogen-bond acceptors (Lipinski definition) is 3. The van der Waals surface area contributed by atoms with E-state index >= 15 is 0 Å². The first-order chi connectivity index (χ1) is 15.7. The van der Waals surface area contributed by atoms with Gasteiger partial charge in [0.2, 0.25) is 0 Å². The number of hydrogen-bond donors (Lipinski definition) is 2. The van der Waals surface area contributed by atoms with Crippen LogP contribution < -0.4 is 15.4 Å². The average Bonchev–Trinajstić information content (AvgIpc) is 2.79. The average molecular weight is 456 g/mol. The molecule has 1 atom stereocenters. The van der Waals surface area contributed by atoms with Gasteiger partial charge in [0.1, 0.15) is 5.75 Å². The molecule has 0 aromatic heterocycles. The molecule has 3 aromatic carbocycles. The highest BCUT2D eigenvalue weighted by Gasteiger charge is 2.30. The van der Waals surface area contributed by atoms with Crippen LogP contribution in [0.2, 0.25) is 0 Å². The highest BCUT2D eigenvalue weighted by atomic mass is 19.4. The van der Waals surface area contributed by atoms with Crippen LogP contribution in [-0.4, -0.2) is 17.9 Å². The van der Waals surface area contributed by atoms with Crippen LogP contribution >= 0.6 is 0 Å². The standard InChI is InChI=1S/C25H23F3N2O3/c1-3-16(2)33-22-12-10-17(11-13-22)23(31)29-20-8-4-6-18(14-20)24(32)30-21-9-5-7-19(15-21)25(26,27)28/h4-16H,3H2,1-2H3,(H,29,31)(H,30,32). The molecule has 1 unspecified atom stereocenters. The summed E-state index contributed by atoms with van der Waals surface area (Å²) in [5, 5.41) is 5.15. The summed E-state index contributed by atoms with van der Waals surface area (Å²) < 4.78 is 44.3. The molecule has 2 N–H and O–H groups in total. The maximum atomic E-state index is 12.9. The molecule has 0 spiro atoms. The first kappa shape index (κ1) is 23.8. The summed E-state index contributed by atoms with van der Waals surface area (Å²) in [5.41, 5.74) is 0.121. The second-order valence-electron chi connectivity index (χ2n) is 7.43. The van der Waals surface area contributed by atoms with E-state index in [0.29, 0.717) is 17.0 Å². The zero-order chi connectivity index (χ0) is 24.0. The van der Waals surface area contributed by atoms with Crippen LogP contribution in [0, 0.1) is 0 Å². The number of anilines is 2. The lowest BCUT2D eigenvalue weighted by Crippen LogP contribution is -2.15. The third-order valence-electron chi connectivity index (χ3n) is 4.86. The Morgan fingerprint density at radius 3 is 2.03 bits per heavy atom. The number of rotatable bonds is 7. The topological polar surface area (TPSA) is 67.4 Å². The van der Waals surface area contributed by atoms with Gasteiger partial charge in [-0.2, -0.15) is 13.2 Å². The van der Waals surface area contributed by atoms with E-state index in [4.69, 9.17) is 4.74 Å². The van der Waals surface area contributed by atoms with Gasteiger partial charge in [-0.25, -0.2) is 0 Å². The summed E-state index contributed by atoms with van der Waals surface area (Å²) in [4.78, 5) is 25.1. The van der Waals surface area contributed by atoms with E-state index in [-0.39, 0.29) is 23.3 Å². The Morgan fingerprint density at radius 1 is 0.848 bits per heavy atom. The Bertz CT molecular complexity index is 1130. The Hall–Kier alpha value is -3.81. The van der Waals surface area contributed by atoms with Gasteiger partial charge in [0.25, 0.3) is 11.8 Å². The summed E-state index contributed by atoms with van der Waals surface area (Å²) in [7, 11) is 0. The van der Waals surface area contributed by atoms with Crippen LogP contribution in [0.3, 0.4) is 0 Å². The van der Waals surface area contributed by atoms with Gasteiger partial charge in [-0.05, 0) is 74.0 Å². The van der Waals surface area contributed by atoms with Crippen LogP contribution in [0.4, 0.5) is 24.5 Å². The molecule has 8 heteroatoms. The van der Waals surface area contributed by atoms with Crippen LogP contribution in [0.1, 0.15) is 46.5 Å². The predicted molar refractivity (Wildman–Crippen MR) is 121 cm³/mol.